The largest absolute Gasteiger partial charge is 0.496 e. The molecule has 0 saturated heterocycles. The Balaban J connectivity index is 2.24. The first-order valence-corrected chi connectivity index (χ1v) is 6.55. The molecule has 0 unspecified atom stereocenters. The number of ether oxygens (including phenoxy) is 3. The topological polar surface area (TPSA) is 57.7 Å². The minimum atomic E-state index is -0.614. The minimum Gasteiger partial charge on any atom is -0.496 e. The van der Waals surface area contributed by atoms with Crippen LogP contribution >= 0.6 is 23.2 Å². The van der Waals surface area contributed by atoms with E-state index in [1.165, 1.54) is 26.5 Å². The van der Waals surface area contributed by atoms with Crippen molar-refractivity contribution < 1.29 is 19.0 Å². The van der Waals surface area contributed by atoms with Crippen molar-refractivity contribution in [3.63, 3.8) is 0 Å². The van der Waals surface area contributed by atoms with Crippen LogP contribution in [0.25, 0.3) is 0 Å². The van der Waals surface area contributed by atoms with Crippen molar-refractivity contribution in [1.82, 2.24) is 4.98 Å². The molecule has 0 spiro atoms. The van der Waals surface area contributed by atoms with E-state index in [9.17, 15) is 4.79 Å². The summed E-state index contributed by atoms with van der Waals surface area (Å²) in [5, 5.41) is 0.297. The average Bonchev–Trinajstić information content (AvgIpc) is 2.49. The standard InChI is InChI=1S/C14H11Cl2NO4/c1-19-9-4-10(20-2)6-11(5-9)21-14(18)8-3-12(15)13(16)17-7-8/h3-7H,1-2H3. The van der Waals surface area contributed by atoms with E-state index in [2.05, 4.69) is 4.98 Å². The molecule has 2 aromatic rings. The summed E-state index contributed by atoms with van der Waals surface area (Å²) in [6.07, 6.45) is 1.29. The van der Waals surface area contributed by atoms with E-state index >= 15 is 0 Å². The third-order valence-electron chi connectivity index (χ3n) is 2.57. The third-order valence-corrected chi connectivity index (χ3v) is 3.25. The van der Waals surface area contributed by atoms with Crippen LogP contribution in [-0.2, 0) is 0 Å². The molecule has 1 heterocycles. The van der Waals surface area contributed by atoms with E-state index in [0.29, 0.717) is 11.5 Å². The first-order chi connectivity index (χ1) is 10.0. The molecule has 0 aliphatic heterocycles. The lowest BCUT2D eigenvalue weighted by atomic mass is 10.3. The molecular weight excluding hydrogens is 317 g/mol. The van der Waals surface area contributed by atoms with Crippen LogP contribution in [0.15, 0.2) is 30.5 Å². The van der Waals surface area contributed by atoms with Crippen LogP contribution in [0.2, 0.25) is 10.2 Å². The Hall–Kier alpha value is -1.98. The summed E-state index contributed by atoms with van der Waals surface area (Å²) in [5.41, 5.74) is 0.186. The van der Waals surface area contributed by atoms with Crippen molar-refractivity contribution in [2.75, 3.05) is 14.2 Å². The number of carbonyl (C=O) groups is 1. The fraction of sp³-hybridized carbons (Fsp3) is 0.143. The quantitative estimate of drug-likeness (QED) is 0.487. The van der Waals surface area contributed by atoms with Gasteiger partial charge in [0.2, 0.25) is 0 Å². The SMILES string of the molecule is COc1cc(OC)cc(OC(=O)c2cnc(Cl)c(Cl)c2)c1. The van der Waals surface area contributed by atoms with Crippen molar-refractivity contribution in [3.8, 4) is 17.2 Å². The Morgan fingerprint density at radius 2 is 1.57 bits per heavy atom. The van der Waals surface area contributed by atoms with Gasteiger partial charge in [0.05, 0.1) is 24.8 Å². The van der Waals surface area contributed by atoms with Gasteiger partial charge >= 0.3 is 5.97 Å². The molecule has 0 fully saturated rings. The molecule has 7 heteroatoms. The van der Waals surface area contributed by atoms with Gasteiger partial charge in [0.15, 0.2) is 0 Å². The molecular formula is C14H11Cl2NO4. The van der Waals surface area contributed by atoms with E-state index in [4.69, 9.17) is 37.4 Å². The van der Waals surface area contributed by atoms with Gasteiger partial charge in [-0.15, -0.1) is 0 Å². The molecule has 21 heavy (non-hydrogen) atoms. The summed E-state index contributed by atoms with van der Waals surface area (Å²) in [7, 11) is 3.01. The number of carbonyl (C=O) groups excluding carboxylic acids is 1. The summed E-state index contributed by atoms with van der Waals surface area (Å²) in [6, 6.07) is 6.17. The molecule has 1 aromatic heterocycles. The molecule has 5 nitrogen and oxygen atoms in total. The predicted molar refractivity (Wildman–Crippen MR) is 78.8 cm³/mol. The first kappa shape index (κ1) is 15.4. The molecule has 0 amide bonds. The molecule has 0 N–H and O–H groups in total. The highest BCUT2D eigenvalue weighted by Gasteiger charge is 2.13. The molecule has 0 atom stereocenters. The lowest BCUT2D eigenvalue weighted by Crippen LogP contribution is -2.09. The lowest BCUT2D eigenvalue weighted by Gasteiger charge is -2.09. The van der Waals surface area contributed by atoms with Gasteiger partial charge in [0.25, 0.3) is 0 Å². The Kier molecular flexibility index (Phi) is 4.88. The second-order valence-electron chi connectivity index (χ2n) is 3.93. The van der Waals surface area contributed by atoms with Crippen molar-refractivity contribution >= 4 is 29.2 Å². The van der Waals surface area contributed by atoms with Gasteiger partial charge in [-0.05, 0) is 6.07 Å². The van der Waals surface area contributed by atoms with E-state index in [-0.39, 0.29) is 21.5 Å². The highest BCUT2D eigenvalue weighted by Crippen LogP contribution is 2.28. The fourth-order valence-electron chi connectivity index (χ4n) is 1.54. The molecule has 0 radical (unpaired) electrons. The lowest BCUT2D eigenvalue weighted by molar-refractivity contribution is 0.0734. The van der Waals surface area contributed by atoms with E-state index in [0.717, 1.165) is 0 Å². The molecule has 0 aliphatic rings. The van der Waals surface area contributed by atoms with Crippen LogP contribution in [0.3, 0.4) is 0 Å². The number of aromatic nitrogens is 1. The van der Waals surface area contributed by atoms with Gasteiger partial charge in [0, 0.05) is 24.4 Å². The maximum atomic E-state index is 12.0. The normalized spacial score (nSPS) is 10.1. The van der Waals surface area contributed by atoms with Gasteiger partial charge in [-0.25, -0.2) is 9.78 Å². The van der Waals surface area contributed by atoms with Gasteiger partial charge in [0.1, 0.15) is 22.4 Å². The number of nitrogens with zero attached hydrogens (tertiary/aromatic N) is 1. The highest BCUT2D eigenvalue weighted by molar-refractivity contribution is 6.41. The molecule has 0 saturated carbocycles. The van der Waals surface area contributed by atoms with Gasteiger partial charge < -0.3 is 14.2 Å². The van der Waals surface area contributed by atoms with Crippen LogP contribution < -0.4 is 14.2 Å². The van der Waals surface area contributed by atoms with Crippen molar-refractivity contribution in [3.05, 3.63) is 46.2 Å². The number of methoxy groups -OCH3 is 2. The Morgan fingerprint density at radius 3 is 2.10 bits per heavy atom. The third kappa shape index (κ3) is 3.77. The Labute approximate surface area is 131 Å². The summed E-state index contributed by atoms with van der Waals surface area (Å²) >= 11 is 11.5. The zero-order chi connectivity index (χ0) is 15.4. The zero-order valence-corrected chi connectivity index (χ0v) is 12.7. The fourth-order valence-corrected chi connectivity index (χ4v) is 1.81. The van der Waals surface area contributed by atoms with E-state index < -0.39 is 5.97 Å². The second-order valence-corrected chi connectivity index (χ2v) is 4.70. The average molecular weight is 328 g/mol. The molecule has 1 aromatic carbocycles. The van der Waals surface area contributed by atoms with Crippen LogP contribution in [-0.4, -0.2) is 25.2 Å². The predicted octanol–water partition coefficient (Wildman–Crippen LogP) is 3.62. The summed E-state index contributed by atoms with van der Waals surface area (Å²) in [6.45, 7) is 0. The number of pyridine rings is 1. The number of rotatable bonds is 4. The maximum Gasteiger partial charge on any atom is 0.345 e. The molecule has 110 valence electrons. The highest BCUT2D eigenvalue weighted by atomic mass is 35.5. The van der Waals surface area contributed by atoms with Crippen molar-refractivity contribution in [2.24, 2.45) is 0 Å². The van der Waals surface area contributed by atoms with Crippen molar-refractivity contribution in [2.45, 2.75) is 0 Å². The molecule has 2 rings (SSSR count). The molecule has 0 bridgehead atoms. The van der Waals surface area contributed by atoms with Crippen LogP contribution in [0.5, 0.6) is 17.2 Å². The smallest absolute Gasteiger partial charge is 0.345 e. The zero-order valence-electron chi connectivity index (χ0n) is 11.2. The number of hydrogen-bond acceptors (Lipinski definition) is 5. The van der Waals surface area contributed by atoms with Crippen molar-refractivity contribution in [1.29, 1.82) is 0 Å². The Morgan fingerprint density at radius 1 is 1.00 bits per heavy atom. The summed E-state index contributed by atoms with van der Waals surface area (Å²) < 4.78 is 15.4. The van der Waals surface area contributed by atoms with Gasteiger partial charge in [-0.1, -0.05) is 23.2 Å². The maximum absolute atomic E-state index is 12.0. The number of benzene rings is 1. The second kappa shape index (κ2) is 6.65. The van der Waals surface area contributed by atoms with Crippen LogP contribution in [0, 0.1) is 0 Å². The van der Waals surface area contributed by atoms with E-state index in [1.54, 1.807) is 18.2 Å². The molecule has 0 aliphatic carbocycles. The number of esters is 1. The first-order valence-electron chi connectivity index (χ1n) is 5.79. The number of halogens is 2. The summed E-state index contributed by atoms with van der Waals surface area (Å²) in [5.74, 6) is 0.674. The number of hydrogen-bond donors (Lipinski definition) is 0. The monoisotopic (exact) mass is 327 g/mol. The summed E-state index contributed by atoms with van der Waals surface area (Å²) in [4.78, 5) is 15.8. The Bertz CT molecular complexity index is 654. The minimum absolute atomic E-state index is 0.122. The van der Waals surface area contributed by atoms with Gasteiger partial charge in [-0.3, -0.25) is 0 Å². The van der Waals surface area contributed by atoms with Crippen LogP contribution in [0.4, 0.5) is 0 Å². The van der Waals surface area contributed by atoms with E-state index in [1.807, 2.05) is 0 Å². The van der Waals surface area contributed by atoms with Gasteiger partial charge in [-0.2, -0.15) is 0 Å². The van der Waals surface area contributed by atoms with Crippen LogP contribution in [0.1, 0.15) is 10.4 Å².